The fourth-order valence-corrected chi connectivity index (χ4v) is 10.3. The van der Waals surface area contributed by atoms with Gasteiger partial charge in [-0.3, -0.25) is 9.59 Å². The minimum absolute atomic E-state index is 0.0376. The van der Waals surface area contributed by atoms with Crippen molar-refractivity contribution < 1.29 is 58.4 Å². The van der Waals surface area contributed by atoms with E-state index < -0.39 is 58.9 Å². The van der Waals surface area contributed by atoms with Crippen LogP contribution in [0.15, 0.2) is 0 Å². The van der Waals surface area contributed by atoms with Gasteiger partial charge in [0.05, 0.1) is 66.3 Å². The molecule has 5 aliphatic rings. The van der Waals surface area contributed by atoms with Gasteiger partial charge < -0.3 is 48.8 Å². The molecule has 5 saturated heterocycles. The van der Waals surface area contributed by atoms with Crippen LogP contribution >= 0.6 is 0 Å². The van der Waals surface area contributed by atoms with Crippen LogP contribution in [0, 0.1) is 35.5 Å². The van der Waals surface area contributed by atoms with Crippen molar-refractivity contribution in [1.29, 1.82) is 0 Å². The number of aliphatic carboxylic acids is 2. The molecule has 0 bridgehead atoms. The molecule has 0 saturated carbocycles. The second-order valence-electron chi connectivity index (χ2n) is 17.0. The quantitative estimate of drug-likeness (QED) is 0.210. The van der Waals surface area contributed by atoms with Crippen LogP contribution in [-0.4, -0.2) is 105 Å². The molecule has 0 aromatic rings. The molecule has 288 valence electrons. The maximum Gasteiger partial charge on any atom is 0.308 e. The molecule has 5 heterocycles. The molecule has 17 atom stereocenters. The number of hydrogen-bond acceptors (Lipinski definition) is 10. The normalized spacial score (nSPS) is 48.5. The summed E-state index contributed by atoms with van der Waals surface area (Å²) < 4.78 is 39.7. The summed E-state index contributed by atoms with van der Waals surface area (Å²) >= 11 is 0. The van der Waals surface area contributed by atoms with Crippen LogP contribution in [0.2, 0.25) is 0 Å². The average molecular weight is 713 g/mol. The number of ether oxygens (including phenoxy) is 6. The van der Waals surface area contributed by atoms with Crippen molar-refractivity contribution >= 4 is 11.9 Å². The molecule has 12 nitrogen and oxygen atoms in total. The molecular formula is C38H64O12. The molecule has 4 N–H and O–H groups in total. The molecule has 0 unspecified atom stereocenters. The van der Waals surface area contributed by atoms with Gasteiger partial charge in [-0.25, -0.2) is 0 Å². The molecule has 12 heteroatoms. The Kier molecular flexibility index (Phi) is 11.8. The second kappa shape index (κ2) is 14.8. The second-order valence-corrected chi connectivity index (χ2v) is 17.0. The lowest BCUT2D eigenvalue weighted by Gasteiger charge is -2.49. The van der Waals surface area contributed by atoms with E-state index in [0.29, 0.717) is 25.7 Å². The third kappa shape index (κ3) is 7.39. The van der Waals surface area contributed by atoms with Crippen LogP contribution in [0.25, 0.3) is 0 Å². The molecular weight excluding hydrogens is 648 g/mol. The van der Waals surface area contributed by atoms with Gasteiger partial charge >= 0.3 is 11.9 Å². The summed E-state index contributed by atoms with van der Waals surface area (Å²) in [6, 6.07) is 0. The SMILES string of the molecule is CC[C@@]1([C@@H]2O[C@@H]([C@H]3O[C@@](O)(CCC(=O)O)[C@H](C)C[C@@H]3C)C[C@@H]2C)CC[C@H]([C@]2(C)CC[C@]3(C[C@H](O)[C@@H](C)[C@@H]([C@@H](C)[C@@H](OC)[C@H](C)C(=O)O)O3)O2)O1. The first-order chi connectivity index (χ1) is 23.3. The van der Waals surface area contributed by atoms with Crippen LogP contribution in [0.1, 0.15) is 120 Å². The fraction of sp³-hybridized carbons (Fsp3) is 0.947. The Morgan fingerprint density at radius 3 is 2.30 bits per heavy atom. The van der Waals surface area contributed by atoms with E-state index in [1.807, 2.05) is 20.8 Å². The van der Waals surface area contributed by atoms with E-state index in [1.54, 1.807) is 6.92 Å². The van der Waals surface area contributed by atoms with E-state index in [2.05, 4.69) is 27.7 Å². The molecule has 5 rings (SSSR count). The molecule has 5 fully saturated rings. The number of rotatable bonds is 12. The summed E-state index contributed by atoms with van der Waals surface area (Å²) in [4.78, 5) is 23.2. The Morgan fingerprint density at radius 2 is 1.68 bits per heavy atom. The van der Waals surface area contributed by atoms with Crippen LogP contribution < -0.4 is 0 Å². The molecule has 1 spiro atoms. The number of carboxylic acid groups (broad SMARTS) is 2. The highest BCUT2D eigenvalue weighted by Gasteiger charge is 2.62. The van der Waals surface area contributed by atoms with E-state index in [9.17, 15) is 30.0 Å². The third-order valence-corrected chi connectivity index (χ3v) is 13.5. The minimum atomic E-state index is -1.51. The first-order valence-electron chi connectivity index (χ1n) is 19.1. The monoisotopic (exact) mass is 712 g/mol. The Hall–Kier alpha value is -1.38. The predicted molar refractivity (Wildman–Crippen MR) is 182 cm³/mol. The minimum Gasteiger partial charge on any atom is -0.481 e. The van der Waals surface area contributed by atoms with Gasteiger partial charge in [0.15, 0.2) is 11.6 Å². The number of aliphatic hydroxyl groups excluding tert-OH is 1. The highest BCUT2D eigenvalue weighted by atomic mass is 16.7. The van der Waals surface area contributed by atoms with Gasteiger partial charge in [0.1, 0.15) is 0 Å². The Morgan fingerprint density at radius 1 is 0.980 bits per heavy atom. The highest BCUT2D eigenvalue weighted by Crippen LogP contribution is 2.55. The van der Waals surface area contributed by atoms with Crippen LogP contribution in [0.3, 0.4) is 0 Å². The summed E-state index contributed by atoms with van der Waals surface area (Å²) in [5.74, 6) is -5.60. The summed E-state index contributed by atoms with van der Waals surface area (Å²) in [7, 11) is 1.52. The summed E-state index contributed by atoms with van der Waals surface area (Å²) in [5.41, 5.74) is -1.21. The van der Waals surface area contributed by atoms with E-state index in [1.165, 1.54) is 7.11 Å². The van der Waals surface area contributed by atoms with Crippen molar-refractivity contribution in [2.24, 2.45) is 35.5 Å². The van der Waals surface area contributed by atoms with Gasteiger partial charge in [-0.1, -0.05) is 41.5 Å². The van der Waals surface area contributed by atoms with Gasteiger partial charge in [0, 0.05) is 44.1 Å². The molecule has 5 aliphatic heterocycles. The lowest BCUT2D eigenvalue weighted by atomic mass is 9.78. The van der Waals surface area contributed by atoms with Gasteiger partial charge in [0.25, 0.3) is 0 Å². The van der Waals surface area contributed by atoms with E-state index >= 15 is 0 Å². The summed E-state index contributed by atoms with van der Waals surface area (Å²) in [5, 5.41) is 41.7. The molecule has 50 heavy (non-hydrogen) atoms. The molecule has 0 radical (unpaired) electrons. The van der Waals surface area contributed by atoms with E-state index in [4.69, 9.17) is 28.4 Å². The van der Waals surface area contributed by atoms with E-state index in [-0.39, 0.29) is 66.8 Å². The zero-order chi connectivity index (χ0) is 37.0. The lowest BCUT2D eigenvalue weighted by molar-refractivity contribution is -0.336. The molecule has 0 amide bonds. The third-order valence-electron chi connectivity index (χ3n) is 13.5. The maximum atomic E-state index is 11.9. The number of carbonyl (C=O) groups is 2. The molecule has 0 aromatic heterocycles. The van der Waals surface area contributed by atoms with Crippen molar-refractivity contribution in [3.63, 3.8) is 0 Å². The first kappa shape index (κ1) is 39.8. The zero-order valence-corrected chi connectivity index (χ0v) is 31.6. The van der Waals surface area contributed by atoms with Crippen molar-refractivity contribution in [2.45, 2.75) is 185 Å². The first-order valence-corrected chi connectivity index (χ1v) is 19.1. The summed E-state index contributed by atoms with van der Waals surface area (Å²) in [6.45, 7) is 15.9. The zero-order valence-electron chi connectivity index (χ0n) is 31.6. The van der Waals surface area contributed by atoms with Crippen LogP contribution in [-0.2, 0) is 38.0 Å². The smallest absolute Gasteiger partial charge is 0.308 e. The Balaban J connectivity index is 1.28. The highest BCUT2D eigenvalue weighted by molar-refractivity contribution is 5.70. The van der Waals surface area contributed by atoms with Gasteiger partial charge in [-0.15, -0.1) is 0 Å². The average Bonchev–Trinajstić information content (AvgIpc) is 3.76. The van der Waals surface area contributed by atoms with Crippen molar-refractivity contribution in [3.8, 4) is 0 Å². The van der Waals surface area contributed by atoms with Crippen molar-refractivity contribution in [3.05, 3.63) is 0 Å². The van der Waals surface area contributed by atoms with E-state index in [0.717, 1.165) is 25.7 Å². The number of aliphatic hydroxyl groups is 2. The van der Waals surface area contributed by atoms with Crippen LogP contribution in [0.4, 0.5) is 0 Å². The number of hydrogen-bond donors (Lipinski definition) is 4. The molecule has 0 aliphatic carbocycles. The number of methoxy groups -OCH3 is 1. The maximum absolute atomic E-state index is 11.9. The largest absolute Gasteiger partial charge is 0.481 e. The topological polar surface area (TPSA) is 170 Å². The fourth-order valence-electron chi connectivity index (χ4n) is 10.3. The predicted octanol–water partition coefficient (Wildman–Crippen LogP) is 5.15. The van der Waals surface area contributed by atoms with Gasteiger partial charge in [0.2, 0.25) is 0 Å². The summed E-state index contributed by atoms with van der Waals surface area (Å²) in [6.07, 6.45) is 2.49. The molecule has 0 aromatic carbocycles. The van der Waals surface area contributed by atoms with Crippen molar-refractivity contribution in [1.82, 2.24) is 0 Å². The Bertz CT molecular complexity index is 1220. The van der Waals surface area contributed by atoms with Crippen molar-refractivity contribution in [2.75, 3.05) is 7.11 Å². The van der Waals surface area contributed by atoms with Gasteiger partial charge in [-0.05, 0) is 64.2 Å². The number of carboxylic acids is 2. The Labute approximate surface area is 297 Å². The standard InChI is InChI=1S/C38H64O12/c1-10-36(33-21(3)18-27(46-33)30-20(2)17-22(4)38(44,49-30)14-12-29(40)41)13-11-28(47-36)35(8)15-16-37(50-35)19-26(39)23(5)32(48-37)24(6)31(45-9)25(7)34(42)43/h20-28,30-33,39,44H,10-19H2,1-9H3,(H,40,41)(H,42,43)/t20-,21-,22+,23+,24-,25-,26-,27+,28+,30-,31+,32-,33+,35-,36-,37+,38-/m0/s1. The van der Waals surface area contributed by atoms with Gasteiger partial charge in [-0.2, -0.15) is 0 Å². The van der Waals surface area contributed by atoms with Crippen LogP contribution in [0.5, 0.6) is 0 Å². The lowest BCUT2D eigenvalue weighted by Crippen LogP contribution is -2.57.